The molecule has 33 heavy (non-hydrogen) atoms. The lowest BCUT2D eigenvalue weighted by atomic mass is 10.00. The van der Waals surface area contributed by atoms with E-state index >= 15 is 0 Å². The fourth-order valence-corrected chi connectivity index (χ4v) is 4.18. The summed E-state index contributed by atoms with van der Waals surface area (Å²) in [5, 5.41) is 21.0. The van der Waals surface area contributed by atoms with E-state index in [2.05, 4.69) is 5.32 Å². The van der Waals surface area contributed by atoms with Crippen molar-refractivity contribution in [2.75, 3.05) is 13.7 Å². The van der Waals surface area contributed by atoms with E-state index in [1.54, 1.807) is 37.5 Å². The second kappa shape index (κ2) is 12.8. The number of hydrogen-bond donors (Lipinski definition) is 3. The molecule has 0 spiro atoms. The number of rotatable bonds is 12. The van der Waals surface area contributed by atoms with Gasteiger partial charge in [-0.1, -0.05) is 13.0 Å². The van der Waals surface area contributed by atoms with E-state index in [9.17, 15) is 19.5 Å². The van der Waals surface area contributed by atoms with Crippen LogP contribution in [0, 0.1) is 0 Å². The van der Waals surface area contributed by atoms with E-state index in [1.165, 1.54) is 17.1 Å². The molecule has 0 saturated heterocycles. The van der Waals surface area contributed by atoms with E-state index in [0.29, 0.717) is 25.0 Å². The van der Waals surface area contributed by atoms with Crippen LogP contribution in [0.1, 0.15) is 64.9 Å². The Morgan fingerprint density at radius 2 is 2.09 bits per heavy atom. The number of aryl methyl sites for hydroxylation is 1. The number of carbonyl (C=O) groups excluding carboxylic acids is 1. The number of ketones is 1. The van der Waals surface area contributed by atoms with Gasteiger partial charge in [0.15, 0.2) is 5.78 Å². The van der Waals surface area contributed by atoms with Crippen LogP contribution in [0.25, 0.3) is 6.08 Å². The number of thiophene rings is 1. The number of Topliss-reactive ketones (excluding diaryl/α,β-unsaturated/α-hetero) is 1. The molecule has 1 unspecified atom stereocenters. The van der Waals surface area contributed by atoms with Gasteiger partial charge in [-0.3, -0.25) is 10.1 Å². The third kappa shape index (κ3) is 8.03. The van der Waals surface area contributed by atoms with Crippen molar-refractivity contribution in [2.24, 2.45) is 0 Å². The summed E-state index contributed by atoms with van der Waals surface area (Å²) < 4.78 is 10.4. The van der Waals surface area contributed by atoms with E-state index < -0.39 is 23.3 Å². The first-order chi connectivity index (χ1) is 15.7. The second-order valence-corrected chi connectivity index (χ2v) is 8.78. The van der Waals surface area contributed by atoms with E-state index in [4.69, 9.17) is 14.3 Å². The van der Waals surface area contributed by atoms with Crippen LogP contribution >= 0.6 is 11.3 Å². The number of ether oxygens (including phenoxy) is 1. The van der Waals surface area contributed by atoms with Crippen LogP contribution in [0.2, 0.25) is 0 Å². The Morgan fingerprint density at radius 1 is 1.33 bits per heavy atom. The van der Waals surface area contributed by atoms with Crippen LogP contribution in [0.4, 0.5) is 4.79 Å². The van der Waals surface area contributed by atoms with Gasteiger partial charge in [-0.05, 0) is 56.4 Å². The first kappa shape index (κ1) is 26.1. The number of amides is 1. The molecule has 0 bridgehead atoms. The number of nitrogens with one attached hydrogen (secondary N) is 1. The number of carboxylic acid groups (broad SMARTS) is 1. The van der Waals surface area contributed by atoms with E-state index in [0.717, 1.165) is 17.7 Å². The standard InChI is InChI=1S/C24H29NO7S/c1-15(7-4-5-11-25-24(29)30)20-14-19(26)21(23(28)32-20)22(27)16(2)13-18-10-9-17(33-18)8-6-12-31-3/h5,9-11,13-15,25-26H,4,6-8,12H2,1-3H3,(H,29,30)/b11-5+,16-13+. The zero-order valence-corrected chi connectivity index (χ0v) is 19.7. The molecule has 0 saturated carbocycles. The molecule has 2 heterocycles. The lowest BCUT2D eigenvalue weighted by Crippen LogP contribution is -2.16. The zero-order valence-electron chi connectivity index (χ0n) is 18.9. The maximum absolute atomic E-state index is 12.8. The Bertz CT molecular complexity index is 1080. The van der Waals surface area contributed by atoms with Gasteiger partial charge < -0.3 is 19.4 Å². The number of aromatic hydroxyl groups is 1. The minimum Gasteiger partial charge on any atom is -0.507 e. The van der Waals surface area contributed by atoms with Gasteiger partial charge >= 0.3 is 11.7 Å². The smallest absolute Gasteiger partial charge is 0.408 e. The summed E-state index contributed by atoms with van der Waals surface area (Å²) in [7, 11) is 1.66. The van der Waals surface area contributed by atoms with Gasteiger partial charge in [-0.15, -0.1) is 11.3 Å². The minimum atomic E-state index is -1.15. The van der Waals surface area contributed by atoms with Crippen LogP contribution in [0.15, 0.2) is 45.3 Å². The van der Waals surface area contributed by atoms with Crippen molar-refractivity contribution in [3.63, 3.8) is 0 Å². The van der Waals surface area contributed by atoms with Crippen LogP contribution < -0.4 is 10.9 Å². The lowest BCUT2D eigenvalue weighted by Gasteiger charge is -2.11. The molecule has 2 rings (SSSR count). The Kier molecular flexibility index (Phi) is 10.1. The molecule has 8 nitrogen and oxygen atoms in total. The van der Waals surface area contributed by atoms with Gasteiger partial charge in [-0.2, -0.15) is 0 Å². The topological polar surface area (TPSA) is 126 Å². The molecule has 0 aliphatic carbocycles. The monoisotopic (exact) mass is 475 g/mol. The van der Waals surface area contributed by atoms with Crippen LogP contribution in [-0.4, -0.2) is 35.8 Å². The van der Waals surface area contributed by atoms with Crippen molar-refractivity contribution in [1.29, 1.82) is 0 Å². The van der Waals surface area contributed by atoms with Gasteiger partial charge in [0, 0.05) is 41.7 Å². The molecular formula is C24H29NO7S. The van der Waals surface area contributed by atoms with Crippen molar-refractivity contribution < 1.29 is 29.0 Å². The van der Waals surface area contributed by atoms with Crippen LogP contribution in [0.5, 0.6) is 5.75 Å². The van der Waals surface area contributed by atoms with Gasteiger partial charge in [-0.25, -0.2) is 9.59 Å². The number of hydrogen-bond acceptors (Lipinski definition) is 7. The maximum Gasteiger partial charge on any atom is 0.408 e. The molecule has 1 amide bonds. The summed E-state index contributed by atoms with van der Waals surface area (Å²) in [6.45, 7) is 4.09. The van der Waals surface area contributed by atoms with Gasteiger partial charge in [0.05, 0.1) is 0 Å². The van der Waals surface area contributed by atoms with Gasteiger partial charge in [0.2, 0.25) is 0 Å². The highest BCUT2D eigenvalue weighted by Gasteiger charge is 2.22. The fourth-order valence-electron chi connectivity index (χ4n) is 3.13. The normalized spacial score (nSPS) is 12.8. The summed E-state index contributed by atoms with van der Waals surface area (Å²) in [6, 6.07) is 5.21. The highest BCUT2D eigenvalue weighted by Crippen LogP contribution is 2.27. The van der Waals surface area contributed by atoms with Crippen molar-refractivity contribution in [3.05, 3.63) is 67.5 Å². The summed E-state index contributed by atoms with van der Waals surface area (Å²) in [4.78, 5) is 37.8. The van der Waals surface area contributed by atoms with Gasteiger partial charge in [0.1, 0.15) is 17.1 Å². The number of carbonyl (C=O) groups is 2. The molecule has 9 heteroatoms. The summed E-state index contributed by atoms with van der Waals surface area (Å²) in [5.41, 5.74) is -0.953. The lowest BCUT2D eigenvalue weighted by molar-refractivity contribution is 0.102. The molecule has 1 atom stereocenters. The van der Waals surface area contributed by atoms with Crippen molar-refractivity contribution in [3.8, 4) is 5.75 Å². The molecule has 3 N–H and O–H groups in total. The van der Waals surface area contributed by atoms with E-state index in [1.807, 2.05) is 19.1 Å². The molecule has 0 aliphatic rings. The van der Waals surface area contributed by atoms with Gasteiger partial charge in [0.25, 0.3) is 0 Å². The minimum absolute atomic E-state index is 0.221. The first-order valence-electron chi connectivity index (χ1n) is 10.5. The number of allylic oxidation sites excluding steroid dienone is 2. The largest absolute Gasteiger partial charge is 0.507 e. The van der Waals surface area contributed by atoms with Crippen LogP contribution in [0.3, 0.4) is 0 Å². The SMILES string of the molecule is COCCCc1ccc(/C=C(\C)C(=O)c2c(O)cc(C(C)CC/C=C/NC(=O)O)oc2=O)s1. The third-order valence-electron chi connectivity index (χ3n) is 4.92. The fraction of sp³-hybridized carbons (Fsp3) is 0.375. The quantitative estimate of drug-likeness (QED) is 0.225. The predicted molar refractivity (Wildman–Crippen MR) is 127 cm³/mol. The maximum atomic E-state index is 12.8. The molecular weight excluding hydrogens is 446 g/mol. The molecule has 0 aliphatic heterocycles. The molecule has 2 aromatic rings. The Labute approximate surface area is 196 Å². The second-order valence-electron chi connectivity index (χ2n) is 7.58. The van der Waals surface area contributed by atoms with Crippen molar-refractivity contribution in [1.82, 2.24) is 5.32 Å². The van der Waals surface area contributed by atoms with E-state index in [-0.39, 0.29) is 17.2 Å². The Morgan fingerprint density at radius 3 is 2.76 bits per heavy atom. The third-order valence-corrected chi connectivity index (χ3v) is 6.02. The predicted octanol–water partition coefficient (Wildman–Crippen LogP) is 4.94. The summed E-state index contributed by atoms with van der Waals surface area (Å²) in [6.07, 6.45) is 6.38. The van der Waals surface area contributed by atoms with Crippen molar-refractivity contribution >= 4 is 29.3 Å². The van der Waals surface area contributed by atoms with Crippen LogP contribution in [-0.2, 0) is 11.2 Å². The molecule has 2 aromatic heterocycles. The molecule has 0 aromatic carbocycles. The molecule has 0 fully saturated rings. The number of methoxy groups -OCH3 is 1. The molecule has 178 valence electrons. The highest BCUT2D eigenvalue weighted by molar-refractivity contribution is 7.12. The zero-order chi connectivity index (χ0) is 24.4. The highest BCUT2D eigenvalue weighted by atomic mass is 32.1. The summed E-state index contributed by atoms with van der Waals surface area (Å²) >= 11 is 1.56. The summed E-state index contributed by atoms with van der Waals surface area (Å²) in [5.74, 6) is -0.964. The average molecular weight is 476 g/mol. The molecule has 0 radical (unpaired) electrons. The Hall–Kier alpha value is -3.17. The Balaban J connectivity index is 2.09. The first-order valence-corrected chi connectivity index (χ1v) is 11.4. The van der Waals surface area contributed by atoms with Crippen molar-refractivity contribution in [2.45, 2.75) is 45.4 Å². The average Bonchev–Trinajstić information content (AvgIpc) is 3.19.